The Balaban J connectivity index is 0.00000162. The standard InChI is InChI=1S/C9H13N3O5.ClH/c10-9-11-1-3(8(16)12-9)7-6(15)5(14)4(2-13)17-7;/h1,4-7,13-15H,2H2,(H3,10,11,12,16);1H. The zero-order valence-electron chi connectivity index (χ0n) is 9.18. The maximum atomic E-state index is 11.6. The van der Waals surface area contributed by atoms with Gasteiger partial charge in [0.2, 0.25) is 0 Å². The summed E-state index contributed by atoms with van der Waals surface area (Å²) >= 11 is 0. The van der Waals surface area contributed by atoms with E-state index < -0.39 is 36.6 Å². The number of ether oxygens (including phenoxy) is 1. The second-order valence-corrected chi connectivity index (χ2v) is 3.81. The van der Waals surface area contributed by atoms with Gasteiger partial charge in [0.1, 0.15) is 24.4 Å². The number of nitrogens with zero attached hydrogens (tertiary/aromatic N) is 1. The highest BCUT2D eigenvalue weighted by atomic mass is 35.5. The maximum absolute atomic E-state index is 11.6. The first-order valence-corrected chi connectivity index (χ1v) is 5.01. The monoisotopic (exact) mass is 279 g/mol. The molecule has 0 aromatic carbocycles. The second kappa shape index (κ2) is 5.63. The molecule has 102 valence electrons. The number of aliphatic hydroxyl groups excluding tert-OH is 3. The predicted molar refractivity (Wildman–Crippen MR) is 63.2 cm³/mol. The Bertz CT molecular complexity index is 468. The van der Waals surface area contributed by atoms with Gasteiger partial charge in [-0.3, -0.25) is 9.78 Å². The second-order valence-electron chi connectivity index (χ2n) is 3.81. The van der Waals surface area contributed by atoms with E-state index in [-0.39, 0.29) is 23.9 Å². The topological polar surface area (TPSA) is 142 Å². The molecule has 9 heteroatoms. The highest BCUT2D eigenvalue weighted by Crippen LogP contribution is 2.31. The molecule has 0 spiro atoms. The largest absolute Gasteiger partial charge is 0.394 e. The molecule has 2 rings (SSSR count). The van der Waals surface area contributed by atoms with E-state index in [0.29, 0.717) is 0 Å². The Kier molecular flexibility index (Phi) is 4.65. The molecule has 0 amide bonds. The fourth-order valence-electron chi connectivity index (χ4n) is 1.78. The fourth-order valence-corrected chi connectivity index (χ4v) is 1.78. The molecule has 1 fully saturated rings. The van der Waals surface area contributed by atoms with Crippen LogP contribution in [0.4, 0.5) is 5.95 Å². The van der Waals surface area contributed by atoms with Gasteiger partial charge in [0, 0.05) is 6.20 Å². The van der Waals surface area contributed by atoms with E-state index in [2.05, 4.69) is 9.97 Å². The van der Waals surface area contributed by atoms with Crippen LogP contribution in [0.2, 0.25) is 0 Å². The van der Waals surface area contributed by atoms with Crippen LogP contribution in [0.25, 0.3) is 0 Å². The van der Waals surface area contributed by atoms with Crippen molar-refractivity contribution in [3.63, 3.8) is 0 Å². The highest BCUT2D eigenvalue weighted by Gasteiger charge is 2.44. The average molecular weight is 280 g/mol. The van der Waals surface area contributed by atoms with Gasteiger partial charge in [0.25, 0.3) is 5.56 Å². The Labute approximate surface area is 108 Å². The summed E-state index contributed by atoms with van der Waals surface area (Å²) < 4.78 is 5.19. The molecule has 1 aliphatic heterocycles. The van der Waals surface area contributed by atoms with Gasteiger partial charge in [-0.25, -0.2) is 4.98 Å². The van der Waals surface area contributed by atoms with Crippen molar-refractivity contribution in [1.82, 2.24) is 9.97 Å². The van der Waals surface area contributed by atoms with Crippen LogP contribution in [0.1, 0.15) is 11.7 Å². The third-order valence-corrected chi connectivity index (χ3v) is 2.70. The van der Waals surface area contributed by atoms with Crippen molar-refractivity contribution < 1.29 is 20.1 Å². The number of halogens is 1. The third-order valence-electron chi connectivity index (χ3n) is 2.70. The SMILES string of the molecule is Cl.Nc1ncc(C2OC(CO)C(O)C2O)c(=O)[nH]1. The maximum Gasteiger partial charge on any atom is 0.258 e. The van der Waals surface area contributed by atoms with Crippen LogP contribution in [-0.2, 0) is 4.74 Å². The number of rotatable bonds is 2. The number of nitrogen functional groups attached to an aromatic ring is 1. The summed E-state index contributed by atoms with van der Waals surface area (Å²) in [5.74, 6) is -0.0505. The Morgan fingerprint density at radius 3 is 2.61 bits per heavy atom. The number of anilines is 1. The van der Waals surface area contributed by atoms with Crippen molar-refractivity contribution in [2.45, 2.75) is 24.4 Å². The zero-order chi connectivity index (χ0) is 12.6. The lowest BCUT2D eigenvalue weighted by molar-refractivity contribution is -0.0232. The first-order valence-electron chi connectivity index (χ1n) is 5.01. The van der Waals surface area contributed by atoms with E-state index >= 15 is 0 Å². The molecule has 8 nitrogen and oxygen atoms in total. The summed E-state index contributed by atoms with van der Waals surface area (Å²) in [5.41, 5.74) is 4.79. The van der Waals surface area contributed by atoms with Gasteiger partial charge in [-0.2, -0.15) is 0 Å². The molecule has 18 heavy (non-hydrogen) atoms. The van der Waals surface area contributed by atoms with Gasteiger partial charge < -0.3 is 25.8 Å². The van der Waals surface area contributed by atoms with Crippen molar-refractivity contribution in [2.75, 3.05) is 12.3 Å². The molecule has 0 bridgehead atoms. The van der Waals surface area contributed by atoms with Crippen LogP contribution in [0.5, 0.6) is 0 Å². The molecule has 6 N–H and O–H groups in total. The van der Waals surface area contributed by atoms with Gasteiger partial charge in [0.15, 0.2) is 5.95 Å². The lowest BCUT2D eigenvalue weighted by Gasteiger charge is -2.13. The molecule has 0 radical (unpaired) electrons. The van der Waals surface area contributed by atoms with Gasteiger partial charge in [-0.15, -0.1) is 12.4 Å². The molecule has 1 aromatic rings. The Morgan fingerprint density at radius 1 is 1.44 bits per heavy atom. The van der Waals surface area contributed by atoms with Crippen LogP contribution in [0, 0.1) is 0 Å². The minimum absolute atomic E-state index is 0. The van der Waals surface area contributed by atoms with Crippen LogP contribution in [-0.4, -0.2) is 50.2 Å². The fraction of sp³-hybridized carbons (Fsp3) is 0.556. The number of nitrogens with one attached hydrogen (secondary N) is 1. The van der Waals surface area contributed by atoms with Crippen molar-refractivity contribution in [2.24, 2.45) is 0 Å². The normalized spacial score (nSPS) is 31.1. The molecular weight excluding hydrogens is 266 g/mol. The zero-order valence-corrected chi connectivity index (χ0v) is 10.0. The molecule has 1 aliphatic rings. The van der Waals surface area contributed by atoms with Crippen molar-refractivity contribution >= 4 is 18.4 Å². The van der Waals surface area contributed by atoms with Gasteiger partial charge in [-0.1, -0.05) is 0 Å². The van der Waals surface area contributed by atoms with E-state index in [0.717, 1.165) is 0 Å². The highest BCUT2D eigenvalue weighted by molar-refractivity contribution is 5.85. The van der Waals surface area contributed by atoms with Crippen LogP contribution in [0.15, 0.2) is 11.0 Å². The van der Waals surface area contributed by atoms with E-state index in [4.69, 9.17) is 15.6 Å². The molecule has 0 aliphatic carbocycles. The first-order chi connectivity index (χ1) is 8.04. The summed E-state index contributed by atoms with van der Waals surface area (Å²) in [5, 5.41) is 28.2. The molecule has 1 aromatic heterocycles. The van der Waals surface area contributed by atoms with Gasteiger partial charge in [0.05, 0.1) is 12.2 Å². The molecule has 4 atom stereocenters. The molecule has 1 saturated heterocycles. The van der Waals surface area contributed by atoms with E-state index in [9.17, 15) is 15.0 Å². The van der Waals surface area contributed by atoms with E-state index in [1.807, 2.05) is 0 Å². The minimum Gasteiger partial charge on any atom is -0.394 e. The van der Waals surface area contributed by atoms with Crippen LogP contribution in [0.3, 0.4) is 0 Å². The molecule has 4 unspecified atom stereocenters. The summed E-state index contributed by atoms with van der Waals surface area (Å²) in [6.45, 7) is -0.449. The number of hydrogen-bond donors (Lipinski definition) is 5. The summed E-state index contributed by atoms with van der Waals surface area (Å²) in [4.78, 5) is 17.5. The van der Waals surface area contributed by atoms with E-state index in [1.165, 1.54) is 6.20 Å². The van der Waals surface area contributed by atoms with Gasteiger partial charge >= 0.3 is 0 Å². The molecule has 0 saturated carbocycles. The first kappa shape index (κ1) is 14.9. The summed E-state index contributed by atoms with van der Waals surface area (Å²) in [6, 6.07) is 0. The third kappa shape index (κ3) is 2.47. The van der Waals surface area contributed by atoms with Crippen LogP contribution < -0.4 is 11.3 Å². The number of aromatic amines is 1. The number of aliphatic hydroxyl groups is 3. The Hall–Kier alpha value is -1.19. The summed E-state index contributed by atoms with van der Waals surface area (Å²) in [6.07, 6.45) is -3.32. The van der Waals surface area contributed by atoms with E-state index in [1.54, 1.807) is 0 Å². The lowest BCUT2D eigenvalue weighted by atomic mass is 10.0. The molecular formula is C9H14ClN3O5. The smallest absolute Gasteiger partial charge is 0.258 e. The van der Waals surface area contributed by atoms with Crippen LogP contribution >= 0.6 is 12.4 Å². The number of aromatic nitrogens is 2. The number of H-pyrrole nitrogens is 1. The quantitative estimate of drug-likeness (QED) is 0.418. The Morgan fingerprint density at radius 2 is 2.11 bits per heavy atom. The molecule has 2 heterocycles. The minimum atomic E-state index is -1.29. The number of hydrogen-bond acceptors (Lipinski definition) is 7. The predicted octanol–water partition coefficient (Wildman–Crippen LogP) is -2.07. The van der Waals surface area contributed by atoms with Gasteiger partial charge in [-0.05, 0) is 0 Å². The van der Waals surface area contributed by atoms with Crippen molar-refractivity contribution in [3.05, 3.63) is 22.1 Å². The van der Waals surface area contributed by atoms with Crippen molar-refractivity contribution in [3.8, 4) is 0 Å². The average Bonchev–Trinajstić information content (AvgIpc) is 2.57. The number of nitrogens with two attached hydrogens (primary N) is 1. The summed E-state index contributed by atoms with van der Waals surface area (Å²) in [7, 11) is 0. The van der Waals surface area contributed by atoms with Crippen molar-refractivity contribution in [1.29, 1.82) is 0 Å². The lowest BCUT2D eigenvalue weighted by Crippen LogP contribution is -2.33.